The van der Waals surface area contributed by atoms with E-state index in [9.17, 15) is 13.2 Å². The lowest BCUT2D eigenvalue weighted by Crippen LogP contribution is -2.35. The zero-order chi connectivity index (χ0) is 22.7. The lowest BCUT2D eigenvalue weighted by Gasteiger charge is -2.24. The van der Waals surface area contributed by atoms with Crippen molar-refractivity contribution in [3.63, 3.8) is 0 Å². The van der Waals surface area contributed by atoms with Gasteiger partial charge in [-0.3, -0.25) is 9.52 Å². The first kappa shape index (κ1) is 22.1. The van der Waals surface area contributed by atoms with Crippen molar-refractivity contribution in [1.82, 2.24) is 15.1 Å². The van der Waals surface area contributed by atoms with Crippen molar-refractivity contribution in [3.05, 3.63) is 35.5 Å². The molecule has 170 valence electrons. The Morgan fingerprint density at radius 2 is 1.91 bits per heavy atom. The number of hydrogen-bond donors (Lipinski definition) is 1. The Balaban J connectivity index is 1.54. The summed E-state index contributed by atoms with van der Waals surface area (Å²) in [6, 6.07) is 6.22. The summed E-state index contributed by atoms with van der Waals surface area (Å²) in [5.74, 6) is 0.508. The molecule has 1 aliphatic rings. The molecule has 4 rings (SSSR count). The molecule has 2 aromatic heterocycles. The number of likely N-dealkylation sites (tertiary alicyclic amines) is 1. The van der Waals surface area contributed by atoms with E-state index in [0.29, 0.717) is 30.2 Å². The van der Waals surface area contributed by atoms with Gasteiger partial charge in [0.05, 0.1) is 25.5 Å². The van der Waals surface area contributed by atoms with Crippen molar-refractivity contribution in [3.8, 4) is 23.0 Å². The highest BCUT2D eigenvalue weighted by Crippen LogP contribution is 2.33. The summed E-state index contributed by atoms with van der Waals surface area (Å²) < 4.78 is 44.3. The van der Waals surface area contributed by atoms with Gasteiger partial charge >= 0.3 is 11.8 Å². The average Bonchev–Trinajstić information content (AvgIpc) is 3.49. The number of sulfonamides is 1. The number of carbonyl (C=O) groups excluding carboxylic acids is 1. The van der Waals surface area contributed by atoms with E-state index in [0.717, 1.165) is 30.6 Å². The number of nitrogens with one attached hydrogen (secondary N) is 1. The number of anilines is 1. The molecule has 0 atom stereocenters. The topological polar surface area (TPSA) is 124 Å². The smallest absolute Gasteiger partial charge is 0.311 e. The second-order valence-corrected chi connectivity index (χ2v) is 9.91. The number of amides is 1. The van der Waals surface area contributed by atoms with Crippen LogP contribution >= 0.6 is 11.3 Å². The molecule has 3 heterocycles. The van der Waals surface area contributed by atoms with E-state index >= 15 is 0 Å². The summed E-state index contributed by atoms with van der Waals surface area (Å²) in [7, 11) is -0.985. The number of aromatic nitrogens is 2. The quantitative estimate of drug-likeness (QED) is 0.549. The predicted molar refractivity (Wildman–Crippen MR) is 118 cm³/mol. The highest BCUT2D eigenvalue weighted by atomic mass is 32.2. The molecule has 1 fully saturated rings. The van der Waals surface area contributed by atoms with Crippen LogP contribution in [0.4, 0.5) is 5.69 Å². The van der Waals surface area contributed by atoms with E-state index in [4.69, 9.17) is 13.9 Å². The summed E-state index contributed by atoms with van der Waals surface area (Å²) in [5, 5.41) is 9.36. The van der Waals surface area contributed by atoms with Crippen molar-refractivity contribution in [2.45, 2.75) is 23.5 Å². The van der Waals surface area contributed by atoms with Gasteiger partial charge in [-0.15, -0.1) is 21.5 Å². The highest BCUT2D eigenvalue weighted by Gasteiger charge is 2.25. The number of rotatable bonds is 7. The molecule has 0 saturated carbocycles. The van der Waals surface area contributed by atoms with Gasteiger partial charge in [-0.1, -0.05) is 0 Å². The van der Waals surface area contributed by atoms with Gasteiger partial charge in [0.1, 0.15) is 15.7 Å². The third kappa shape index (κ3) is 4.55. The number of piperidine rings is 1. The van der Waals surface area contributed by atoms with E-state index in [2.05, 4.69) is 14.9 Å². The Hall–Kier alpha value is -3.12. The molecule has 1 saturated heterocycles. The second kappa shape index (κ2) is 9.17. The predicted octanol–water partition coefficient (Wildman–Crippen LogP) is 3.24. The van der Waals surface area contributed by atoms with Crippen LogP contribution in [-0.2, 0) is 10.0 Å². The molecule has 0 unspecified atom stereocenters. The fraction of sp³-hybridized carbons (Fsp3) is 0.350. The van der Waals surface area contributed by atoms with Gasteiger partial charge in [-0.2, -0.15) is 0 Å². The number of methoxy groups -OCH3 is 2. The van der Waals surface area contributed by atoms with E-state index < -0.39 is 10.0 Å². The minimum Gasteiger partial charge on any atom is -0.497 e. The maximum Gasteiger partial charge on any atom is 0.311 e. The van der Waals surface area contributed by atoms with Crippen molar-refractivity contribution < 1.29 is 27.1 Å². The summed E-state index contributed by atoms with van der Waals surface area (Å²) in [5.41, 5.74) is 0.659. The highest BCUT2D eigenvalue weighted by molar-refractivity contribution is 7.94. The van der Waals surface area contributed by atoms with Crippen molar-refractivity contribution >= 4 is 33.0 Å². The van der Waals surface area contributed by atoms with E-state index in [1.54, 1.807) is 22.4 Å². The lowest BCUT2D eigenvalue weighted by atomic mass is 10.1. The van der Waals surface area contributed by atoms with Crippen molar-refractivity contribution in [2.24, 2.45) is 0 Å². The number of thiophene rings is 1. The molecular formula is C20H22N4O6S2. The maximum atomic E-state index is 12.9. The van der Waals surface area contributed by atoms with Crippen molar-refractivity contribution in [1.29, 1.82) is 0 Å². The third-order valence-electron chi connectivity index (χ3n) is 4.99. The summed E-state index contributed by atoms with van der Waals surface area (Å²) in [6.07, 6.45) is 2.99. The lowest BCUT2D eigenvalue weighted by molar-refractivity contribution is 0.0684. The third-order valence-corrected chi connectivity index (χ3v) is 7.79. The molecule has 0 bridgehead atoms. The van der Waals surface area contributed by atoms with Crippen LogP contribution in [0.3, 0.4) is 0 Å². The van der Waals surface area contributed by atoms with Crippen LogP contribution in [0, 0.1) is 0 Å². The van der Waals surface area contributed by atoms with Gasteiger partial charge in [0.25, 0.3) is 10.0 Å². The molecule has 1 N–H and O–H groups in total. The molecular weight excluding hydrogens is 456 g/mol. The number of benzene rings is 1. The minimum absolute atomic E-state index is 0.0412. The Labute approximate surface area is 189 Å². The van der Waals surface area contributed by atoms with Gasteiger partial charge in [0, 0.05) is 24.5 Å². The molecule has 0 aliphatic carbocycles. The number of ether oxygens (including phenoxy) is 2. The first-order chi connectivity index (χ1) is 15.4. The molecule has 1 amide bonds. The van der Waals surface area contributed by atoms with Crippen LogP contribution in [0.15, 0.2) is 38.3 Å². The molecule has 0 radical (unpaired) electrons. The van der Waals surface area contributed by atoms with Crippen LogP contribution < -0.4 is 14.2 Å². The van der Waals surface area contributed by atoms with Crippen LogP contribution in [-0.4, -0.2) is 56.7 Å². The zero-order valence-corrected chi connectivity index (χ0v) is 19.2. The second-order valence-electron chi connectivity index (χ2n) is 7.09. The van der Waals surface area contributed by atoms with E-state index in [-0.39, 0.29) is 27.6 Å². The van der Waals surface area contributed by atoms with Crippen molar-refractivity contribution in [2.75, 3.05) is 32.0 Å². The normalized spacial score (nSPS) is 14.2. The summed E-state index contributed by atoms with van der Waals surface area (Å²) in [6.45, 7) is 1.33. The SMILES string of the molecule is COc1ccc(OC)c(NS(=O)(=O)c2cc(-c3nnc(C(=O)N4CCCCC4)o3)cs2)c1. The number of hydrogen-bond acceptors (Lipinski definition) is 9. The monoisotopic (exact) mass is 478 g/mol. The minimum atomic E-state index is -3.92. The summed E-state index contributed by atoms with van der Waals surface area (Å²) in [4.78, 5) is 14.2. The Kier molecular flexibility index (Phi) is 6.33. The Bertz CT molecular complexity index is 1210. The largest absolute Gasteiger partial charge is 0.497 e. The molecule has 1 aliphatic heterocycles. The molecule has 32 heavy (non-hydrogen) atoms. The zero-order valence-electron chi connectivity index (χ0n) is 17.5. The van der Waals surface area contributed by atoms with Crippen LogP contribution in [0.25, 0.3) is 11.5 Å². The molecule has 0 spiro atoms. The molecule has 1 aromatic carbocycles. The molecule has 3 aromatic rings. The van der Waals surface area contributed by atoms with Crippen LogP contribution in [0.1, 0.15) is 29.9 Å². The number of carbonyl (C=O) groups is 1. The van der Waals surface area contributed by atoms with Crippen LogP contribution in [0.5, 0.6) is 11.5 Å². The Morgan fingerprint density at radius 1 is 1.12 bits per heavy atom. The molecule has 12 heteroatoms. The van der Waals surface area contributed by atoms with Gasteiger partial charge < -0.3 is 18.8 Å². The fourth-order valence-corrected chi connectivity index (χ4v) is 5.53. The molecule has 10 nitrogen and oxygen atoms in total. The van der Waals surface area contributed by atoms with Gasteiger partial charge in [-0.05, 0) is 37.5 Å². The Morgan fingerprint density at radius 3 is 2.62 bits per heavy atom. The van der Waals surface area contributed by atoms with Crippen LogP contribution in [0.2, 0.25) is 0 Å². The maximum absolute atomic E-state index is 12.9. The van der Waals surface area contributed by atoms with E-state index in [1.165, 1.54) is 26.4 Å². The fourth-order valence-electron chi connectivity index (χ4n) is 3.32. The van der Waals surface area contributed by atoms with Gasteiger partial charge in [0.2, 0.25) is 5.89 Å². The summed E-state index contributed by atoms with van der Waals surface area (Å²) >= 11 is 0.994. The first-order valence-corrected chi connectivity index (χ1v) is 12.2. The first-order valence-electron chi connectivity index (χ1n) is 9.88. The van der Waals surface area contributed by atoms with Gasteiger partial charge in [0.15, 0.2) is 0 Å². The van der Waals surface area contributed by atoms with E-state index in [1.807, 2.05) is 0 Å². The standard InChI is InChI=1S/C20H22N4O6S2/c1-28-14-6-7-16(29-2)15(11-14)23-32(26,27)17-10-13(12-31-17)18-21-22-19(30-18)20(25)24-8-4-3-5-9-24/h6-7,10-12,23H,3-5,8-9H2,1-2H3. The number of nitrogens with zero attached hydrogens (tertiary/aromatic N) is 3. The average molecular weight is 479 g/mol. The van der Waals surface area contributed by atoms with Gasteiger partial charge in [-0.25, -0.2) is 8.42 Å².